The fraction of sp³-hybridized carbons (Fsp3) is 0.600. The van der Waals surface area contributed by atoms with Crippen LogP contribution in [0.25, 0.3) is 0 Å². The zero-order valence-corrected chi connectivity index (χ0v) is 8.19. The highest BCUT2D eigenvalue weighted by Crippen LogP contribution is 2.09. The molecule has 0 aromatic carbocycles. The molecule has 0 saturated carbocycles. The highest BCUT2D eigenvalue weighted by Gasteiger charge is 1.96. The molecule has 0 nitrogen and oxygen atoms in total. The van der Waals surface area contributed by atoms with Gasteiger partial charge in [-0.2, -0.15) is 0 Å². The Balaban J connectivity index is 0. The first-order chi connectivity index (χ1) is 5.18. The van der Waals surface area contributed by atoms with E-state index in [4.69, 9.17) is 0 Å². The highest BCUT2D eigenvalue weighted by atomic mass is 19.1. The van der Waals surface area contributed by atoms with Crippen molar-refractivity contribution in [1.82, 2.24) is 0 Å². The van der Waals surface area contributed by atoms with Gasteiger partial charge in [-0.3, -0.25) is 0 Å². The molecule has 11 heavy (non-hydrogen) atoms. The van der Waals surface area contributed by atoms with Gasteiger partial charge in [0.15, 0.2) is 0 Å². The molecule has 0 spiro atoms. The van der Waals surface area contributed by atoms with Crippen LogP contribution >= 0.6 is 0 Å². The van der Waals surface area contributed by atoms with Crippen molar-refractivity contribution in [2.45, 2.75) is 34.6 Å². The molecule has 0 rings (SSSR count). The Kier molecular flexibility index (Phi) is 11.1. The third kappa shape index (κ3) is 9.41. The Morgan fingerprint density at radius 1 is 1.27 bits per heavy atom. The molecule has 0 fully saturated rings. The Bertz CT molecular complexity index is 121. The van der Waals surface area contributed by atoms with Crippen molar-refractivity contribution < 1.29 is 4.39 Å². The lowest BCUT2D eigenvalue weighted by atomic mass is 10.2. The van der Waals surface area contributed by atoms with E-state index in [1.165, 1.54) is 6.08 Å². The van der Waals surface area contributed by atoms with E-state index in [1.807, 2.05) is 40.7 Å². The van der Waals surface area contributed by atoms with Crippen LogP contribution in [0, 0.1) is 5.92 Å². The smallest absolute Gasteiger partial charge is 0.102 e. The molecule has 1 heteroatoms. The van der Waals surface area contributed by atoms with Gasteiger partial charge in [-0.1, -0.05) is 39.8 Å². The topological polar surface area (TPSA) is 0 Å². The summed E-state index contributed by atoms with van der Waals surface area (Å²) in [6.07, 6.45) is 5.00. The Hall–Kier alpha value is -0.590. The maximum atomic E-state index is 12.5. The minimum Gasteiger partial charge on any atom is -0.212 e. The molecule has 0 N–H and O–H groups in total. The predicted molar refractivity (Wildman–Crippen MR) is 50.2 cm³/mol. The second-order valence-corrected chi connectivity index (χ2v) is 2.23. The molecule has 0 heterocycles. The van der Waals surface area contributed by atoms with Gasteiger partial charge >= 0.3 is 0 Å². The van der Waals surface area contributed by atoms with Gasteiger partial charge in [-0.15, -0.1) is 0 Å². The van der Waals surface area contributed by atoms with Crippen molar-refractivity contribution in [2.24, 2.45) is 5.92 Å². The average molecular weight is 158 g/mol. The van der Waals surface area contributed by atoms with E-state index in [1.54, 1.807) is 6.08 Å². The molecule has 0 radical (unpaired) electrons. The van der Waals surface area contributed by atoms with E-state index in [-0.39, 0.29) is 11.7 Å². The van der Waals surface area contributed by atoms with Crippen LogP contribution in [0.5, 0.6) is 0 Å². The summed E-state index contributed by atoms with van der Waals surface area (Å²) in [5.74, 6) is -0.0469. The van der Waals surface area contributed by atoms with Crippen molar-refractivity contribution in [2.75, 3.05) is 0 Å². The summed E-state index contributed by atoms with van der Waals surface area (Å²) >= 11 is 0. The summed E-state index contributed by atoms with van der Waals surface area (Å²) in [4.78, 5) is 0. The predicted octanol–water partition coefficient (Wildman–Crippen LogP) is 4.10. The van der Waals surface area contributed by atoms with Gasteiger partial charge in [-0.25, -0.2) is 4.39 Å². The number of allylic oxidation sites excluding steroid dienone is 4. The maximum absolute atomic E-state index is 12.5. The van der Waals surface area contributed by atoms with Gasteiger partial charge in [0, 0.05) is 5.92 Å². The molecule has 0 aliphatic heterocycles. The van der Waals surface area contributed by atoms with Gasteiger partial charge in [0.1, 0.15) is 5.83 Å². The minimum atomic E-state index is -0.0619. The molecule has 0 bridgehead atoms. The third-order valence-electron chi connectivity index (χ3n) is 0.999. The van der Waals surface area contributed by atoms with E-state index < -0.39 is 0 Å². The third-order valence-corrected chi connectivity index (χ3v) is 0.999. The van der Waals surface area contributed by atoms with E-state index in [9.17, 15) is 4.39 Å². The van der Waals surface area contributed by atoms with Gasteiger partial charge in [0.25, 0.3) is 0 Å². The normalized spacial score (nSPS) is 11.7. The quantitative estimate of drug-likeness (QED) is 0.531. The Labute approximate surface area is 69.8 Å². The zero-order chi connectivity index (χ0) is 9.28. The standard InChI is InChI=1S/C8H13F.C2H6/c1-4-5-6-8(9)7(2)3;1-2/h4-7H,1-3H3;1-2H3/b5-4-,8-6+;. The molecule has 0 unspecified atom stereocenters. The monoisotopic (exact) mass is 158 g/mol. The van der Waals surface area contributed by atoms with Crippen LogP contribution in [-0.2, 0) is 0 Å². The molecule has 0 aliphatic carbocycles. The summed E-state index contributed by atoms with van der Waals surface area (Å²) in [6.45, 7) is 9.52. The van der Waals surface area contributed by atoms with E-state index in [0.717, 1.165) is 0 Å². The molecule has 0 aliphatic rings. The van der Waals surface area contributed by atoms with Crippen LogP contribution in [0.2, 0.25) is 0 Å². The first-order valence-electron chi connectivity index (χ1n) is 4.17. The Morgan fingerprint density at radius 2 is 1.73 bits per heavy atom. The van der Waals surface area contributed by atoms with E-state index in [0.29, 0.717) is 0 Å². The minimum absolute atomic E-state index is 0.0150. The molecule has 0 amide bonds. The number of hydrogen-bond acceptors (Lipinski definition) is 0. The van der Waals surface area contributed by atoms with Crippen molar-refractivity contribution in [3.8, 4) is 0 Å². The lowest BCUT2D eigenvalue weighted by molar-refractivity contribution is 0.520. The van der Waals surface area contributed by atoms with Crippen molar-refractivity contribution >= 4 is 0 Å². The summed E-state index contributed by atoms with van der Waals surface area (Å²) in [5, 5.41) is 0. The van der Waals surface area contributed by atoms with Crippen LogP contribution in [0.4, 0.5) is 4.39 Å². The van der Waals surface area contributed by atoms with E-state index >= 15 is 0 Å². The van der Waals surface area contributed by atoms with Crippen LogP contribution in [-0.4, -0.2) is 0 Å². The fourth-order valence-corrected chi connectivity index (χ4v) is 0.381. The summed E-state index contributed by atoms with van der Waals surface area (Å²) in [6, 6.07) is 0. The van der Waals surface area contributed by atoms with Crippen LogP contribution in [0.3, 0.4) is 0 Å². The molecule has 0 atom stereocenters. The van der Waals surface area contributed by atoms with Crippen molar-refractivity contribution in [1.29, 1.82) is 0 Å². The second kappa shape index (κ2) is 9.41. The summed E-state index contributed by atoms with van der Waals surface area (Å²) in [5.41, 5.74) is 0. The first kappa shape index (κ1) is 13.0. The lowest BCUT2D eigenvalue weighted by Gasteiger charge is -1.96. The number of hydrogen-bond donors (Lipinski definition) is 0. The molecule has 0 aromatic heterocycles. The Morgan fingerprint density at radius 3 is 2.00 bits per heavy atom. The van der Waals surface area contributed by atoms with Gasteiger partial charge in [-0.05, 0) is 13.0 Å². The van der Waals surface area contributed by atoms with Gasteiger partial charge < -0.3 is 0 Å². The lowest BCUT2D eigenvalue weighted by Crippen LogP contribution is -1.84. The summed E-state index contributed by atoms with van der Waals surface area (Å²) < 4.78 is 12.5. The molecule has 66 valence electrons. The SMILES string of the molecule is C/C=C\C=C(\F)C(C)C.CC. The van der Waals surface area contributed by atoms with Crippen molar-refractivity contribution in [3.63, 3.8) is 0 Å². The maximum Gasteiger partial charge on any atom is 0.102 e. The molecule has 0 saturated heterocycles. The highest BCUT2D eigenvalue weighted by molar-refractivity contribution is 5.07. The fourth-order valence-electron chi connectivity index (χ4n) is 0.381. The van der Waals surface area contributed by atoms with Crippen LogP contribution < -0.4 is 0 Å². The number of rotatable bonds is 2. The molecular formula is C10H19F. The summed E-state index contributed by atoms with van der Waals surface area (Å²) in [7, 11) is 0. The molecular weight excluding hydrogens is 139 g/mol. The van der Waals surface area contributed by atoms with Gasteiger partial charge in [0.2, 0.25) is 0 Å². The van der Waals surface area contributed by atoms with Crippen molar-refractivity contribution in [3.05, 3.63) is 24.1 Å². The largest absolute Gasteiger partial charge is 0.212 e. The van der Waals surface area contributed by atoms with Crippen LogP contribution in [0.1, 0.15) is 34.6 Å². The van der Waals surface area contributed by atoms with E-state index in [2.05, 4.69) is 0 Å². The van der Waals surface area contributed by atoms with Crippen LogP contribution in [0.15, 0.2) is 24.1 Å². The second-order valence-electron chi connectivity index (χ2n) is 2.23. The number of halogens is 1. The average Bonchev–Trinajstić information content (AvgIpc) is 2.03. The molecule has 0 aromatic rings. The first-order valence-corrected chi connectivity index (χ1v) is 4.17. The van der Waals surface area contributed by atoms with Gasteiger partial charge in [0.05, 0.1) is 0 Å². The zero-order valence-electron chi connectivity index (χ0n) is 8.19.